The second-order valence-electron chi connectivity index (χ2n) is 13.1. The van der Waals surface area contributed by atoms with Crippen LogP contribution in [0.2, 0.25) is 0 Å². The van der Waals surface area contributed by atoms with Crippen molar-refractivity contribution in [3.63, 3.8) is 0 Å². The molecule has 0 radical (unpaired) electrons. The van der Waals surface area contributed by atoms with Crippen molar-refractivity contribution in [2.45, 2.75) is 111 Å². The molecule has 64 heavy (non-hydrogen) atoms. The molecule has 0 atom stereocenters. The summed E-state index contributed by atoms with van der Waals surface area (Å²) in [6, 6.07) is 9.95. The molecule has 0 spiro atoms. The van der Waals surface area contributed by atoms with Gasteiger partial charge in [-0.3, -0.25) is 0 Å². The Balaban J connectivity index is 3.09. The third kappa shape index (κ3) is 8.33. The second kappa shape index (κ2) is 17.9. The fourth-order valence-corrected chi connectivity index (χ4v) is 11.3. The van der Waals surface area contributed by atoms with Gasteiger partial charge in [0, 0.05) is 0 Å². The van der Waals surface area contributed by atoms with Gasteiger partial charge >= 0.3 is 46.6 Å². The van der Waals surface area contributed by atoms with Gasteiger partial charge in [0.25, 0.3) is 19.7 Å². The largest absolute Gasteiger partial charge is 0.491 e. The summed E-state index contributed by atoms with van der Waals surface area (Å²) in [6.45, 7) is -0.741. The molecule has 362 valence electrons. The summed E-state index contributed by atoms with van der Waals surface area (Å²) in [5.41, 5.74) is 0. The van der Waals surface area contributed by atoms with Crippen LogP contribution < -0.4 is 14.2 Å². The molecule has 0 unspecified atom stereocenters. The summed E-state index contributed by atoms with van der Waals surface area (Å²) in [5, 5.41) is -16.0. The van der Waals surface area contributed by atoms with Gasteiger partial charge in [-0.2, -0.15) is 79.0 Å². The van der Waals surface area contributed by atoms with Crippen molar-refractivity contribution < 1.29 is 110 Å². The first-order chi connectivity index (χ1) is 28.9. The van der Waals surface area contributed by atoms with E-state index in [-0.39, 0.29) is 0 Å². The Morgan fingerprint density at radius 2 is 0.719 bits per heavy atom. The van der Waals surface area contributed by atoms with Crippen LogP contribution in [0.15, 0.2) is 85.1 Å². The molecule has 0 aliphatic heterocycles. The van der Waals surface area contributed by atoms with Crippen LogP contribution in [0.4, 0.5) is 79.0 Å². The average Bonchev–Trinajstić information content (AvgIpc) is 3.19. The maximum Gasteiger partial charge on any atom is 0.460 e. The van der Waals surface area contributed by atoms with Crippen LogP contribution in [0.1, 0.15) is 40.0 Å². The van der Waals surface area contributed by atoms with Gasteiger partial charge < -0.3 is 14.2 Å². The van der Waals surface area contributed by atoms with Crippen molar-refractivity contribution in [3.8, 4) is 17.2 Å². The zero-order valence-corrected chi connectivity index (χ0v) is 34.9. The maximum atomic E-state index is 16.1. The molecule has 0 aromatic heterocycles. The molecule has 1 N–H and O–H groups in total. The van der Waals surface area contributed by atoms with Crippen molar-refractivity contribution >= 4 is 29.5 Å². The first-order valence-electron chi connectivity index (χ1n) is 17.6. The molecular weight excluding hydrogens is 985 g/mol. The van der Waals surface area contributed by atoms with E-state index in [0.29, 0.717) is 0 Å². The van der Waals surface area contributed by atoms with Crippen LogP contribution in [0.3, 0.4) is 0 Å². The number of alkyl halides is 18. The van der Waals surface area contributed by atoms with E-state index < -0.39 is 157 Å². The fourth-order valence-electron chi connectivity index (χ4n) is 5.33. The molecule has 3 aromatic rings. The third-order valence-corrected chi connectivity index (χ3v) is 15.2. The van der Waals surface area contributed by atoms with Gasteiger partial charge in [0.15, 0.2) is 27.0 Å². The predicted molar refractivity (Wildman–Crippen MR) is 188 cm³/mol. The summed E-state index contributed by atoms with van der Waals surface area (Å²) in [7, 11) is -21.9. The van der Waals surface area contributed by atoms with E-state index >= 15 is 35.1 Å². The maximum absolute atomic E-state index is 16.1. The van der Waals surface area contributed by atoms with Crippen LogP contribution >= 0.6 is 0 Å². The summed E-state index contributed by atoms with van der Waals surface area (Å²) >= 11 is 0. The first-order valence-corrected chi connectivity index (χ1v) is 22.2. The molecule has 0 aliphatic rings. The van der Waals surface area contributed by atoms with Gasteiger partial charge in [-0.25, -0.2) is 16.8 Å². The van der Waals surface area contributed by atoms with E-state index in [1.807, 2.05) is 0 Å². The molecule has 0 fully saturated rings. The number of halogens is 18. The molecule has 0 amide bonds. The van der Waals surface area contributed by atoms with Gasteiger partial charge in [-0.1, -0.05) is 57.2 Å². The molecule has 29 heteroatoms. The Bertz CT molecular complexity index is 2260. The van der Waals surface area contributed by atoms with Crippen LogP contribution in [-0.2, 0) is 29.5 Å². The van der Waals surface area contributed by atoms with Crippen molar-refractivity contribution in [2.24, 2.45) is 0 Å². The lowest BCUT2D eigenvalue weighted by molar-refractivity contribution is -0.382. The van der Waals surface area contributed by atoms with E-state index in [9.17, 15) is 65.5 Å². The van der Waals surface area contributed by atoms with Crippen LogP contribution in [0.5, 0.6) is 17.2 Å². The monoisotopic (exact) mass is 1020 g/mol. The van der Waals surface area contributed by atoms with Crippen LogP contribution in [0, 0.1) is 4.78 Å². The molecule has 0 aliphatic carbocycles. The zero-order valence-electron chi connectivity index (χ0n) is 32.4. The fraction of sp³-hybridized carbons (Fsp3) is 0.486. The highest BCUT2D eigenvalue weighted by molar-refractivity contribution is 8.04. The Kier molecular flexibility index (Phi) is 15.2. The SMILES string of the molecule is CCCOc1c(S(=O)(=O)C(F)(F)C(F)(F)C(F)(F)C(F)(F)F)c(OCCC)c([S+](=N)(c2ccccc2)c2ccccc2)c(OCCC)c1S(=O)(=O)C(F)(F)C(F)(F)C(F)(F)C(F)(F)F. The smallest absolute Gasteiger partial charge is 0.460 e. The van der Waals surface area contributed by atoms with Crippen LogP contribution in [-0.4, -0.2) is 83.2 Å². The number of nitrogens with one attached hydrogen (secondary N) is 1. The standard InChI is InChI=1S/C35H32F18NO7S3/c1-4-17-59-22-25(62(54,20-13-9-7-10-14-20)21-15-11-8-12-16-21)23(60-18-5-2)27(64(57,58)35(52,53)31(42,43)29(38,39)33(47,48)49)24(61-19-6-3)26(22)63(55,56)34(50,51)30(40,41)28(36,37)32(44,45)46/h7-16,54H,4-6,17-19H2,1-3H3/q+1. The molecule has 0 saturated carbocycles. The Morgan fingerprint density at radius 3 is 0.969 bits per heavy atom. The van der Waals surface area contributed by atoms with Gasteiger partial charge in [-0.05, 0) is 43.5 Å². The lowest BCUT2D eigenvalue weighted by atomic mass is 10.1. The van der Waals surface area contributed by atoms with E-state index in [1.165, 1.54) is 12.1 Å². The number of hydrogen-bond acceptors (Lipinski definition) is 8. The summed E-state index contributed by atoms with van der Waals surface area (Å²) in [4.78, 5) is -9.74. The first kappa shape index (κ1) is 54.2. The highest BCUT2D eigenvalue weighted by Gasteiger charge is 2.87. The van der Waals surface area contributed by atoms with E-state index in [1.54, 1.807) is 0 Å². The molecule has 3 rings (SSSR count). The second-order valence-corrected chi connectivity index (χ2v) is 19.5. The van der Waals surface area contributed by atoms with E-state index in [4.69, 9.17) is 14.2 Å². The normalized spacial score (nSPS) is 14.4. The lowest BCUT2D eigenvalue weighted by Gasteiger charge is -2.35. The quantitative estimate of drug-likeness (QED) is 0.0884. The summed E-state index contributed by atoms with van der Waals surface area (Å²) in [5.74, 6) is -40.0. The molecular formula is C35H32F18NO7S3+. The third-order valence-electron chi connectivity index (χ3n) is 8.53. The summed E-state index contributed by atoms with van der Waals surface area (Å²) < 4.78 is 344. The number of benzene rings is 3. The Labute approximate surface area is 352 Å². The minimum Gasteiger partial charge on any atom is -0.491 e. The summed E-state index contributed by atoms with van der Waals surface area (Å²) in [6.07, 6.45) is -17.3. The van der Waals surface area contributed by atoms with Crippen molar-refractivity contribution in [3.05, 3.63) is 60.7 Å². The predicted octanol–water partition coefficient (Wildman–Crippen LogP) is 11.8. The Hall–Kier alpha value is -4.15. The van der Waals surface area contributed by atoms with E-state index in [0.717, 1.165) is 69.3 Å². The van der Waals surface area contributed by atoms with Crippen LogP contribution in [0.25, 0.3) is 0 Å². The number of sulfone groups is 2. The minimum absolute atomic E-state index is 0.512. The Morgan fingerprint density at radius 1 is 0.453 bits per heavy atom. The van der Waals surface area contributed by atoms with Gasteiger partial charge in [0.1, 0.15) is 9.79 Å². The van der Waals surface area contributed by atoms with Crippen molar-refractivity contribution in [1.29, 1.82) is 4.78 Å². The lowest BCUT2D eigenvalue weighted by Crippen LogP contribution is -2.63. The average molecular weight is 1020 g/mol. The zero-order chi connectivity index (χ0) is 49.6. The highest BCUT2D eigenvalue weighted by Crippen LogP contribution is 2.64. The topological polar surface area (TPSA) is 120 Å². The number of hydrogen-bond donors (Lipinski definition) is 1. The minimum atomic E-state index is -8.53. The number of rotatable bonds is 20. The highest BCUT2D eigenvalue weighted by atomic mass is 32.2. The molecule has 8 nitrogen and oxygen atoms in total. The molecule has 3 aromatic carbocycles. The van der Waals surface area contributed by atoms with Gasteiger partial charge in [0.2, 0.25) is 4.90 Å². The van der Waals surface area contributed by atoms with Gasteiger partial charge in [0.05, 0.1) is 29.6 Å². The molecule has 0 saturated heterocycles. The van der Waals surface area contributed by atoms with E-state index in [2.05, 4.69) is 0 Å². The number of ether oxygens (including phenoxy) is 3. The van der Waals surface area contributed by atoms with Crippen molar-refractivity contribution in [1.82, 2.24) is 0 Å². The van der Waals surface area contributed by atoms with Gasteiger partial charge in [-0.15, -0.1) is 4.78 Å². The van der Waals surface area contributed by atoms with Crippen molar-refractivity contribution in [2.75, 3.05) is 19.8 Å². The molecule has 0 heterocycles. The molecule has 0 bridgehead atoms.